The molecule has 0 radical (unpaired) electrons. The van der Waals surface area contributed by atoms with Gasteiger partial charge in [0.25, 0.3) is 0 Å². The van der Waals surface area contributed by atoms with Crippen molar-refractivity contribution in [2.75, 3.05) is 7.11 Å². The predicted octanol–water partition coefficient (Wildman–Crippen LogP) is 4.21. The minimum Gasteiger partial charge on any atom is -0.497 e. The summed E-state index contributed by atoms with van der Waals surface area (Å²) < 4.78 is 33.5. The fraction of sp³-hybridized carbons (Fsp3) is 0.400. The van der Waals surface area contributed by atoms with Crippen LogP contribution in [-0.2, 0) is 15.8 Å². The molecule has 1 N–H and O–H groups in total. The quantitative estimate of drug-likeness (QED) is 0.766. The molecule has 0 fully saturated rings. The first-order chi connectivity index (χ1) is 11.8. The zero-order chi connectivity index (χ0) is 18.4. The van der Waals surface area contributed by atoms with E-state index in [1.54, 1.807) is 7.11 Å². The molecule has 25 heavy (non-hydrogen) atoms. The van der Waals surface area contributed by atoms with Crippen molar-refractivity contribution >= 4 is 10.0 Å². The van der Waals surface area contributed by atoms with Crippen molar-refractivity contribution in [3.05, 3.63) is 65.2 Å². The number of rotatable bonds is 8. The number of aryl methyl sites for hydroxylation is 1. The molecule has 2 rings (SSSR count). The molecule has 0 bridgehead atoms. The molecule has 0 aliphatic rings. The Kier molecular flexibility index (Phi) is 6.62. The van der Waals surface area contributed by atoms with Gasteiger partial charge in [-0.15, -0.1) is 0 Å². The van der Waals surface area contributed by atoms with Crippen molar-refractivity contribution in [1.82, 2.24) is 4.72 Å². The van der Waals surface area contributed by atoms with Crippen molar-refractivity contribution in [2.45, 2.75) is 39.0 Å². The molecule has 136 valence electrons. The van der Waals surface area contributed by atoms with Crippen LogP contribution in [0.25, 0.3) is 0 Å². The summed E-state index contributed by atoms with van der Waals surface area (Å²) in [6.07, 6.45) is 0.735. The van der Waals surface area contributed by atoms with E-state index in [-0.39, 0.29) is 11.8 Å². The fourth-order valence-electron chi connectivity index (χ4n) is 2.80. The van der Waals surface area contributed by atoms with Crippen molar-refractivity contribution in [2.24, 2.45) is 5.92 Å². The summed E-state index contributed by atoms with van der Waals surface area (Å²) in [7, 11) is -1.83. The van der Waals surface area contributed by atoms with E-state index in [1.165, 1.54) is 0 Å². The largest absolute Gasteiger partial charge is 0.497 e. The van der Waals surface area contributed by atoms with Gasteiger partial charge < -0.3 is 4.74 Å². The first-order valence-electron chi connectivity index (χ1n) is 8.49. The van der Waals surface area contributed by atoms with E-state index in [9.17, 15) is 8.42 Å². The van der Waals surface area contributed by atoms with Gasteiger partial charge in [0.1, 0.15) is 5.75 Å². The first-order valence-corrected chi connectivity index (χ1v) is 10.1. The highest BCUT2D eigenvalue weighted by Crippen LogP contribution is 2.25. The zero-order valence-electron chi connectivity index (χ0n) is 15.3. The van der Waals surface area contributed by atoms with Crippen molar-refractivity contribution < 1.29 is 13.2 Å². The third kappa shape index (κ3) is 5.87. The van der Waals surface area contributed by atoms with Crippen LogP contribution in [0.5, 0.6) is 5.75 Å². The van der Waals surface area contributed by atoms with E-state index in [4.69, 9.17) is 4.74 Å². The maximum Gasteiger partial charge on any atom is 0.216 e. The highest BCUT2D eigenvalue weighted by atomic mass is 32.2. The van der Waals surface area contributed by atoms with Crippen LogP contribution in [0.4, 0.5) is 0 Å². The van der Waals surface area contributed by atoms with Crippen LogP contribution in [0.1, 0.15) is 43.0 Å². The van der Waals surface area contributed by atoms with E-state index >= 15 is 0 Å². The van der Waals surface area contributed by atoms with E-state index in [0.717, 1.165) is 28.9 Å². The number of hydrogen-bond donors (Lipinski definition) is 1. The van der Waals surface area contributed by atoms with Crippen LogP contribution < -0.4 is 9.46 Å². The Morgan fingerprint density at radius 1 is 1.04 bits per heavy atom. The van der Waals surface area contributed by atoms with Crippen molar-refractivity contribution in [1.29, 1.82) is 0 Å². The zero-order valence-corrected chi connectivity index (χ0v) is 16.1. The van der Waals surface area contributed by atoms with Gasteiger partial charge in [0.15, 0.2) is 0 Å². The summed E-state index contributed by atoms with van der Waals surface area (Å²) in [6, 6.07) is 14.9. The van der Waals surface area contributed by atoms with Crippen molar-refractivity contribution in [3.8, 4) is 5.75 Å². The van der Waals surface area contributed by atoms with Crippen LogP contribution in [0.15, 0.2) is 48.5 Å². The topological polar surface area (TPSA) is 55.4 Å². The van der Waals surface area contributed by atoms with Gasteiger partial charge in [0.2, 0.25) is 10.0 Å². The molecule has 4 nitrogen and oxygen atoms in total. The number of nitrogens with one attached hydrogen (secondary N) is 1. The molecular weight excluding hydrogens is 334 g/mol. The lowest BCUT2D eigenvalue weighted by Gasteiger charge is -2.21. The Labute approximate surface area is 151 Å². The molecule has 2 aromatic carbocycles. The van der Waals surface area contributed by atoms with E-state index in [0.29, 0.717) is 5.92 Å². The molecule has 0 aliphatic heterocycles. The number of sulfonamides is 1. The Morgan fingerprint density at radius 2 is 1.68 bits per heavy atom. The van der Waals surface area contributed by atoms with Crippen molar-refractivity contribution in [3.63, 3.8) is 0 Å². The summed E-state index contributed by atoms with van der Waals surface area (Å²) in [5.41, 5.74) is 2.76. The number of benzene rings is 2. The van der Waals surface area contributed by atoms with Gasteiger partial charge in [-0.05, 0) is 48.1 Å². The summed E-state index contributed by atoms with van der Waals surface area (Å²) in [5, 5.41) is 0. The third-order valence-corrected chi connectivity index (χ3v) is 5.49. The normalized spacial score (nSPS) is 13.0. The average molecular weight is 362 g/mol. The summed E-state index contributed by atoms with van der Waals surface area (Å²) >= 11 is 0. The second-order valence-corrected chi connectivity index (χ2v) is 8.51. The number of ether oxygens (including phenoxy) is 1. The molecule has 5 heteroatoms. The highest BCUT2D eigenvalue weighted by Gasteiger charge is 2.21. The van der Waals surface area contributed by atoms with Crippen LogP contribution in [0, 0.1) is 12.8 Å². The second-order valence-electron chi connectivity index (χ2n) is 6.76. The Hall–Kier alpha value is -1.85. The fourth-order valence-corrected chi connectivity index (χ4v) is 4.28. The molecule has 0 amide bonds. The standard InChI is InChI=1S/C20H27NO3S/c1-15(2)13-20(17-9-11-19(24-4)12-10-17)21-25(22,23)14-18-8-6-5-7-16(18)3/h5-12,15,20-21H,13-14H2,1-4H3/t20-/m1/s1. The lowest BCUT2D eigenvalue weighted by atomic mass is 9.98. The molecule has 0 aromatic heterocycles. The van der Waals surface area contributed by atoms with Gasteiger partial charge in [-0.25, -0.2) is 13.1 Å². The maximum absolute atomic E-state index is 12.7. The molecule has 0 unspecified atom stereocenters. The molecule has 1 atom stereocenters. The van der Waals surface area contributed by atoms with Gasteiger partial charge in [0, 0.05) is 6.04 Å². The van der Waals surface area contributed by atoms with Crippen LogP contribution >= 0.6 is 0 Å². The van der Waals surface area contributed by atoms with E-state index in [1.807, 2.05) is 55.5 Å². The van der Waals surface area contributed by atoms with E-state index in [2.05, 4.69) is 18.6 Å². The number of methoxy groups -OCH3 is 1. The summed E-state index contributed by atoms with van der Waals surface area (Å²) in [6.45, 7) is 6.11. The minimum absolute atomic E-state index is 0.00950. The minimum atomic E-state index is -3.45. The van der Waals surface area contributed by atoms with Gasteiger partial charge >= 0.3 is 0 Å². The van der Waals surface area contributed by atoms with Gasteiger partial charge in [-0.3, -0.25) is 0 Å². The second kappa shape index (κ2) is 8.50. The van der Waals surface area contributed by atoms with E-state index < -0.39 is 10.0 Å². The molecule has 0 saturated carbocycles. The lowest BCUT2D eigenvalue weighted by Crippen LogP contribution is -2.30. The average Bonchev–Trinajstić information content (AvgIpc) is 2.55. The monoisotopic (exact) mass is 361 g/mol. The molecule has 0 aliphatic carbocycles. The SMILES string of the molecule is COc1ccc([C@@H](CC(C)C)NS(=O)(=O)Cc2ccccc2C)cc1. The molecule has 2 aromatic rings. The van der Waals surface area contributed by atoms with Gasteiger partial charge in [-0.1, -0.05) is 50.2 Å². The summed E-state index contributed by atoms with van der Waals surface area (Å²) in [4.78, 5) is 0. The smallest absolute Gasteiger partial charge is 0.216 e. The third-order valence-electron chi connectivity index (χ3n) is 4.15. The van der Waals surface area contributed by atoms with Crippen LogP contribution in [-0.4, -0.2) is 15.5 Å². The first kappa shape index (κ1) is 19.5. The predicted molar refractivity (Wildman–Crippen MR) is 102 cm³/mol. The maximum atomic E-state index is 12.7. The lowest BCUT2D eigenvalue weighted by molar-refractivity contribution is 0.414. The van der Waals surface area contributed by atoms with Crippen LogP contribution in [0.3, 0.4) is 0 Å². The number of hydrogen-bond acceptors (Lipinski definition) is 3. The molecule has 0 heterocycles. The summed E-state index contributed by atoms with van der Waals surface area (Å²) in [5.74, 6) is 1.12. The highest BCUT2D eigenvalue weighted by molar-refractivity contribution is 7.88. The Balaban J connectivity index is 2.21. The Bertz CT molecular complexity index is 783. The molecule has 0 spiro atoms. The van der Waals surface area contributed by atoms with Gasteiger partial charge in [0.05, 0.1) is 12.9 Å². The molecular formula is C20H27NO3S. The van der Waals surface area contributed by atoms with Gasteiger partial charge in [-0.2, -0.15) is 0 Å². The molecule has 0 saturated heterocycles. The Morgan fingerprint density at radius 3 is 2.24 bits per heavy atom. The van der Waals surface area contributed by atoms with Crippen LogP contribution in [0.2, 0.25) is 0 Å².